The number of nitrogens with zero attached hydrogens (tertiary/aromatic N) is 1. The molecule has 0 spiro atoms. The fourth-order valence-electron chi connectivity index (χ4n) is 1.27. The van der Waals surface area contributed by atoms with Crippen LogP contribution in [0.2, 0.25) is 0 Å². The third kappa shape index (κ3) is 2.93. The lowest BCUT2D eigenvalue weighted by Gasteiger charge is -2.01. The second-order valence-corrected chi connectivity index (χ2v) is 5.33. The maximum Gasteiger partial charge on any atom is 0.159 e. The Morgan fingerprint density at radius 3 is 3.06 bits per heavy atom. The quantitative estimate of drug-likeness (QED) is 0.612. The number of hydrogen-bond acceptors (Lipinski definition) is 4. The highest BCUT2D eigenvalue weighted by molar-refractivity contribution is 7.98. The van der Waals surface area contributed by atoms with Crippen LogP contribution < -0.4 is 0 Å². The Morgan fingerprint density at radius 1 is 1.50 bits per heavy atom. The van der Waals surface area contributed by atoms with Crippen molar-refractivity contribution in [1.82, 2.24) is 4.98 Å². The number of hydrogen-bond donors (Lipinski definition) is 0. The Kier molecular flexibility index (Phi) is 3.74. The minimum Gasteiger partial charge on any atom is -0.295 e. The van der Waals surface area contributed by atoms with Gasteiger partial charge in [0.25, 0.3) is 0 Å². The summed E-state index contributed by atoms with van der Waals surface area (Å²) < 4.78 is 0. The average molecular weight is 249 g/mol. The van der Waals surface area contributed by atoms with E-state index in [0.29, 0.717) is 0 Å². The highest BCUT2D eigenvalue weighted by Crippen LogP contribution is 2.24. The van der Waals surface area contributed by atoms with Crippen molar-refractivity contribution in [3.05, 3.63) is 46.4 Å². The minimum atomic E-state index is 0.108. The van der Waals surface area contributed by atoms with Crippen LogP contribution >= 0.6 is 23.1 Å². The Labute approximate surface area is 103 Å². The zero-order valence-electron chi connectivity index (χ0n) is 8.84. The van der Waals surface area contributed by atoms with Crippen molar-refractivity contribution >= 4 is 28.9 Å². The molecule has 4 heteroatoms. The maximum absolute atomic E-state index is 11.2. The molecule has 0 fully saturated rings. The van der Waals surface area contributed by atoms with Gasteiger partial charge in [0.2, 0.25) is 0 Å². The standard InChI is InChI=1S/C12H11NOS2/c1-9(14)10-3-2-4-11(7-10)16-8-12-13-5-6-15-12/h2-7H,8H2,1H3. The summed E-state index contributed by atoms with van der Waals surface area (Å²) in [5.74, 6) is 0.968. The molecule has 1 aromatic carbocycles. The largest absolute Gasteiger partial charge is 0.295 e. The summed E-state index contributed by atoms with van der Waals surface area (Å²) in [5, 5.41) is 3.08. The van der Waals surface area contributed by atoms with E-state index in [-0.39, 0.29) is 5.78 Å². The van der Waals surface area contributed by atoms with E-state index in [1.54, 1.807) is 30.0 Å². The fourth-order valence-corrected chi connectivity index (χ4v) is 2.87. The van der Waals surface area contributed by atoms with Crippen LogP contribution in [0.3, 0.4) is 0 Å². The van der Waals surface area contributed by atoms with Gasteiger partial charge in [0.05, 0.1) is 5.75 Å². The molecule has 2 rings (SSSR count). The molecule has 0 aliphatic rings. The molecule has 0 radical (unpaired) electrons. The van der Waals surface area contributed by atoms with Gasteiger partial charge in [-0.25, -0.2) is 4.98 Å². The van der Waals surface area contributed by atoms with E-state index in [1.165, 1.54) is 0 Å². The number of Topliss-reactive ketones (excluding diaryl/α,β-unsaturated/α-hetero) is 1. The van der Waals surface area contributed by atoms with Crippen LogP contribution in [0.4, 0.5) is 0 Å². The van der Waals surface area contributed by atoms with Gasteiger partial charge < -0.3 is 0 Å². The van der Waals surface area contributed by atoms with Crippen molar-refractivity contribution in [2.24, 2.45) is 0 Å². The summed E-state index contributed by atoms with van der Waals surface area (Å²) in [4.78, 5) is 16.5. The second kappa shape index (κ2) is 5.27. The zero-order valence-corrected chi connectivity index (χ0v) is 10.5. The van der Waals surface area contributed by atoms with Crippen LogP contribution in [0.25, 0.3) is 0 Å². The predicted octanol–water partition coefficient (Wildman–Crippen LogP) is 3.64. The highest BCUT2D eigenvalue weighted by Gasteiger charge is 2.02. The highest BCUT2D eigenvalue weighted by atomic mass is 32.2. The molecule has 0 amide bonds. The van der Waals surface area contributed by atoms with Crippen molar-refractivity contribution in [3.8, 4) is 0 Å². The number of benzene rings is 1. The number of carbonyl (C=O) groups is 1. The first-order valence-corrected chi connectivity index (χ1v) is 6.74. The Morgan fingerprint density at radius 2 is 2.38 bits per heavy atom. The second-order valence-electron chi connectivity index (χ2n) is 3.30. The molecule has 0 atom stereocenters. The topological polar surface area (TPSA) is 30.0 Å². The molecule has 0 unspecified atom stereocenters. The molecule has 1 heterocycles. The summed E-state index contributed by atoms with van der Waals surface area (Å²) in [6, 6.07) is 7.71. The maximum atomic E-state index is 11.2. The summed E-state index contributed by atoms with van der Waals surface area (Å²) in [5.41, 5.74) is 0.768. The van der Waals surface area contributed by atoms with E-state index >= 15 is 0 Å². The van der Waals surface area contributed by atoms with Gasteiger partial charge in [-0.2, -0.15) is 0 Å². The van der Waals surface area contributed by atoms with Crippen LogP contribution in [0, 0.1) is 0 Å². The molecule has 0 saturated carbocycles. The summed E-state index contributed by atoms with van der Waals surface area (Å²) >= 11 is 3.36. The first kappa shape index (κ1) is 11.4. The molecule has 1 aromatic heterocycles. The van der Waals surface area contributed by atoms with E-state index in [4.69, 9.17) is 0 Å². The third-order valence-electron chi connectivity index (χ3n) is 2.09. The number of carbonyl (C=O) groups excluding carboxylic acids is 1. The molecule has 16 heavy (non-hydrogen) atoms. The number of rotatable bonds is 4. The molecule has 2 aromatic rings. The van der Waals surface area contributed by atoms with Gasteiger partial charge in [-0.1, -0.05) is 12.1 Å². The van der Waals surface area contributed by atoms with Crippen molar-refractivity contribution in [1.29, 1.82) is 0 Å². The lowest BCUT2D eigenvalue weighted by atomic mass is 10.2. The van der Waals surface area contributed by atoms with Crippen molar-refractivity contribution in [3.63, 3.8) is 0 Å². The van der Waals surface area contributed by atoms with Crippen molar-refractivity contribution < 1.29 is 4.79 Å². The van der Waals surface area contributed by atoms with Gasteiger partial charge >= 0.3 is 0 Å². The van der Waals surface area contributed by atoms with Gasteiger partial charge in [0, 0.05) is 22.0 Å². The molecule has 0 aliphatic heterocycles. The van der Waals surface area contributed by atoms with Gasteiger partial charge in [-0.15, -0.1) is 23.1 Å². The molecular weight excluding hydrogens is 238 g/mol. The number of aromatic nitrogens is 1. The normalized spacial score (nSPS) is 10.3. The van der Waals surface area contributed by atoms with Gasteiger partial charge in [0.1, 0.15) is 5.01 Å². The van der Waals surface area contributed by atoms with Gasteiger partial charge in [-0.3, -0.25) is 4.79 Å². The first-order valence-electron chi connectivity index (χ1n) is 4.88. The smallest absolute Gasteiger partial charge is 0.159 e. The van der Waals surface area contributed by atoms with E-state index < -0.39 is 0 Å². The van der Waals surface area contributed by atoms with E-state index in [9.17, 15) is 4.79 Å². The van der Waals surface area contributed by atoms with Crippen LogP contribution in [-0.4, -0.2) is 10.8 Å². The number of ketones is 1. The summed E-state index contributed by atoms with van der Waals surface area (Å²) in [6.07, 6.45) is 1.81. The van der Waals surface area contributed by atoms with Crippen molar-refractivity contribution in [2.75, 3.05) is 0 Å². The molecule has 82 valence electrons. The van der Waals surface area contributed by atoms with Gasteiger partial charge in [-0.05, 0) is 19.1 Å². The molecule has 2 nitrogen and oxygen atoms in total. The van der Waals surface area contributed by atoms with Crippen molar-refractivity contribution in [2.45, 2.75) is 17.6 Å². The zero-order chi connectivity index (χ0) is 11.4. The minimum absolute atomic E-state index is 0.108. The van der Waals surface area contributed by atoms with E-state index in [0.717, 1.165) is 21.2 Å². The molecule has 0 saturated heterocycles. The number of thiazole rings is 1. The van der Waals surface area contributed by atoms with Crippen LogP contribution in [-0.2, 0) is 5.75 Å². The Bertz CT molecular complexity index is 480. The van der Waals surface area contributed by atoms with E-state index in [2.05, 4.69) is 4.98 Å². The summed E-state index contributed by atoms with van der Waals surface area (Å²) in [7, 11) is 0. The SMILES string of the molecule is CC(=O)c1cccc(SCc2nccs2)c1. The average Bonchev–Trinajstić information content (AvgIpc) is 2.79. The molecule has 0 aliphatic carbocycles. The van der Waals surface area contributed by atoms with Crippen LogP contribution in [0.1, 0.15) is 22.3 Å². The predicted molar refractivity (Wildman–Crippen MR) is 68.1 cm³/mol. The fraction of sp³-hybridized carbons (Fsp3) is 0.167. The summed E-state index contributed by atoms with van der Waals surface area (Å²) in [6.45, 7) is 1.59. The molecule has 0 N–H and O–H groups in total. The monoisotopic (exact) mass is 249 g/mol. The molecular formula is C12H11NOS2. The Hall–Kier alpha value is -1.13. The third-order valence-corrected chi connectivity index (χ3v) is 4.05. The first-order chi connectivity index (χ1) is 7.75. The lowest BCUT2D eigenvalue weighted by Crippen LogP contribution is -1.91. The molecule has 0 bridgehead atoms. The van der Waals surface area contributed by atoms with Crippen LogP contribution in [0.15, 0.2) is 40.7 Å². The van der Waals surface area contributed by atoms with Crippen LogP contribution in [0.5, 0.6) is 0 Å². The van der Waals surface area contributed by atoms with E-state index in [1.807, 2.05) is 35.8 Å². The Balaban J connectivity index is 2.04. The van der Waals surface area contributed by atoms with Gasteiger partial charge in [0.15, 0.2) is 5.78 Å². The number of thioether (sulfide) groups is 1. The lowest BCUT2D eigenvalue weighted by molar-refractivity contribution is 0.101.